The number of unbranched alkanes of at least 4 members (excludes halogenated alkanes) is 1. The molecule has 2 fully saturated rings. The SMILES string of the molecule is CC(C)N(C)CCCCN1CCN2CCCC2C1. The Bertz CT molecular complexity index is 242. The van der Waals surface area contributed by atoms with Crippen LogP contribution < -0.4 is 0 Å². The highest BCUT2D eigenvalue weighted by atomic mass is 15.3. The Balaban J connectivity index is 1.57. The Morgan fingerprint density at radius 3 is 2.78 bits per heavy atom. The van der Waals surface area contributed by atoms with Crippen molar-refractivity contribution >= 4 is 0 Å². The zero-order chi connectivity index (χ0) is 13.0. The maximum atomic E-state index is 2.70. The summed E-state index contributed by atoms with van der Waals surface area (Å²) in [5.74, 6) is 0. The monoisotopic (exact) mass is 253 g/mol. The van der Waals surface area contributed by atoms with Gasteiger partial charge in [0.05, 0.1) is 0 Å². The van der Waals surface area contributed by atoms with Gasteiger partial charge in [-0.1, -0.05) is 0 Å². The summed E-state index contributed by atoms with van der Waals surface area (Å²) in [5, 5.41) is 0. The van der Waals surface area contributed by atoms with Crippen molar-refractivity contribution < 1.29 is 0 Å². The smallest absolute Gasteiger partial charge is 0.0224 e. The molecule has 0 aliphatic carbocycles. The molecular weight excluding hydrogens is 222 g/mol. The van der Waals surface area contributed by atoms with Crippen LogP contribution in [0.4, 0.5) is 0 Å². The third kappa shape index (κ3) is 3.94. The van der Waals surface area contributed by atoms with E-state index in [-0.39, 0.29) is 0 Å². The van der Waals surface area contributed by atoms with E-state index in [2.05, 4.69) is 35.6 Å². The molecule has 2 aliphatic heterocycles. The molecule has 0 bridgehead atoms. The summed E-state index contributed by atoms with van der Waals surface area (Å²) in [7, 11) is 2.24. The van der Waals surface area contributed by atoms with Crippen LogP contribution in [-0.4, -0.2) is 73.1 Å². The standard InChI is InChI=1S/C15H31N3/c1-14(2)16(3)8-4-5-9-17-11-12-18-10-6-7-15(18)13-17/h14-15H,4-13H2,1-3H3. The summed E-state index contributed by atoms with van der Waals surface area (Å²) < 4.78 is 0. The van der Waals surface area contributed by atoms with Gasteiger partial charge in [-0.25, -0.2) is 0 Å². The highest BCUT2D eigenvalue weighted by Crippen LogP contribution is 2.21. The summed E-state index contributed by atoms with van der Waals surface area (Å²) in [6.45, 7) is 12.4. The first-order valence-corrected chi connectivity index (χ1v) is 7.83. The fourth-order valence-electron chi connectivity index (χ4n) is 3.21. The predicted octanol–water partition coefficient (Wildman–Crippen LogP) is 1.89. The van der Waals surface area contributed by atoms with E-state index in [1.54, 1.807) is 0 Å². The molecular formula is C15H31N3. The first-order valence-electron chi connectivity index (χ1n) is 7.83. The summed E-state index contributed by atoms with van der Waals surface area (Å²) in [6.07, 6.45) is 5.58. The van der Waals surface area contributed by atoms with Gasteiger partial charge in [-0.3, -0.25) is 4.90 Å². The van der Waals surface area contributed by atoms with E-state index in [9.17, 15) is 0 Å². The van der Waals surface area contributed by atoms with Gasteiger partial charge in [0.1, 0.15) is 0 Å². The maximum absolute atomic E-state index is 2.70. The molecule has 0 N–H and O–H groups in total. The van der Waals surface area contributed by atoms with Crippen LogP contribution >= 0.6 is 0 Å². The quantitative estimate of drug-likeness (QED) is 0.669. The molecule has 0 aromatic heterocycles. The molecule has 2 rings (SSSR count). The van der Waals surface area contributed by atoms with Crippen LogP contribution in [0.3, 0.4) is 0 Å². The van der Waals surface area contributed by atoms with Crippen LogP contribution in [0.15, 0.2) is 0 Å². The lowest BCUT2D eigenvalue weighted by atomic mass is 10.1. The van der Waals surface area contributed by atoms with Crippen LogP contribution in [0.2, 0.25) is 0 Å². The number of hydrogen-bond donors (Lipinski definition) is 0. The van der Waals surface area contributed by atoms with Crippen LogP contribution in [0.25, 0.3) is 0 Å². The molecule has 1 unspecified atom stereocenters. The maximum Gasteiger partial charge on any atom is 0.0224 e. The first-order chi connectivity index (χ1) is 8.66. The first kappa shape index (κ1) is 14.3. The zero-order valence-electron chi connectivity index (χ0n) is 12.6. The van der Waals surface area contributed by atoms with Gasteiger partial charge in [-0.15, -0.1) is 0 Å². The fraction of sp³-hybridized carbons (Fsp3) is 1.00. The third-order valence-electron chi connectivity index (χ3n) is 4.79. The lowest BCUT2D eigenvalue weighted by Gasteiger charge is -2.37. The van der Waals surface area contributed by atoms with E-state index in [1.165, 1.54) is 65.0 Å². The number of fused-ring (bicyclic) bond motifs is 1. The Labute approximate surface area is 113 Å². The van der Waals surface area contributed by atoms with Gasteiger partial charge in [-0.2, -0.15) is 0 Å². The fourth-order valence-corrected chi connectivity index (χ4v) is 3.21. The lowest BCUT2D eigenvalue weighted by Crippen LogP contribution is -2.50. The molecule has 18 heavy (non-hydrogen) atoms. The Kier molecular flexibility index (Phi) is 5.46. The average molecular weight is 253 g/mol. The second-order valence-corrected chi connectivity index (χ2v) is 6.41. The van der Waals surface area contributed by atoms with Crippen LogP contribution in [0, 0.1) is 0 Å². The second kappa shape index (κ2) is 6.88. The van der Waals surface area contributed by atoms with E-state index >= 15 is 0 Å². The molecule has 3 heteroatoms. The molecule has 0 aromatic rings. The van der Waals surface area contributed by atoms with Crippen molar-refractivity contribution in [2.75, 3.05) is 46.3 Å². The van der Waals surface area contributed by atoms with E-state index < -0.39 is 0 Å². The summed E-state index contributed by atoms with van der Waals surface area (Å²) in [6, 6.07) is 1.57. The van der Waals surface area contributed by atoms with Gasteiger partial charge in [0, 0.05) is 31.7 Å². The topological polar surface area (TPSA) is 9.72 Å². The molecule has 0 aromatic carbocycles. The Morgan fingerprint density at radius 1 is 1.17 bits per heavy atom. The molecule has 0 saturated carbocycles. The Hall–Kier alpha value is -0.120. The minimum atomic E-state index is 0.687. The molecule has 2 heterocycles. The van der Waals surface area contributed by atoms with Crippen molar-refractivity contribution in [2.24, 2.45) is 0 Å². The number of piperazine rings is 1. The van der Waals surface area contributed by atoms with E-state index in [0.717, 1.165) is 6.04 Å². The Morgan fingerprint density at radius 2 is 2.00 bits per heavy atom. The molecule has 0 amide bonds. The van der Waals surface area contributed by atoms with Crippen molar-refractivity contribution in [1.82, 2.24) is 14.7 Å². The summed E-state index contributed by atoms with van der Waals surface area (Å²) >= 11 is 0. The average Bonchev–Trinajstić information content (AvgIpc) is 2.81. The van der Waals surface area contributed by atoms with Gasteiger partial charge < -0.3 is 9.80 Å². The van der Waals surface area contributed by atoms with Crippen LogP contribution in [-0.2, 0) is 0 Å². The predicted molar refractivity (Wildman–Crippen MR) is 78.0 cm³/mol. The molecule has 2 aliphatic rings. The normalized spacial score (nSPS) is 26.2. The van der Waals surface area contributed by atoms with Crippen molar-refractivity contribution in [3.63, 3.8) is 0 Å². The molecule has 0 spiro atoms. The molecule has 0 radical (unpaired) electrons. The zero-order valence-corrected chi connectivity index (χ0v) is 12.6. The second-order valence-electron chi connectivity index (χ2n) is 6.41. The molecule has 1 atom stereocenters. The third-order valence-corrected chi connectivity index (χ3v) is 4.79. The van der Waals surface area contributed by atoms with Crippen molar-refractivity contribution in [3.8, 4) is 0 Å². The summed E-state index contributed by atoms with van der Waals surface area (Å²) in [4.78, 5) is 7.85. The van der Waals surface area contributed by atoms with Crippen LogP contribution in [0.5, 0.6) is 0 Å². The van der Waals surface area contributed by atoms with Gasteiger partial charge >= 0.3 is 0 Å². The van der Waals surface area contributed by atoms with Crippen molar-refractivity contribution in [2.45, 2.75) is 51.6 Å². The van der Waals surface area contributed by atoms with E-state index in [0.29, 0.717) is 6.04 Å². The number of rotatable bonds is 6. The van der Waals surface area contributed by atoms with Crippen LogP contribution in [0.1, 0.15) is 39.5 Å². The van der Waals surface area contributed by atoms with E-state index in [4.69, 9.17) is 0 Å². The highest BCUT2D eigenvalue weighted by Gasteiger charge is 2.29. The van der Waals surface area contributed by atoms with E-state index in [1.807, 2.05) is 0 Å². The van der Waals surface area contributed by atoms with Gasteiger partial charge in [-0.05, 0) is 66.2 Å². The number of hydrogen-bond acceptors (Lipinski definition) is 3. The van der Waals surface area contributed by atoms with Crippen molar-refractivity contribution in [3.05, 3.63) is 0 Å². The minimum Gasteiger partial charge on any atom is -0.304 e. The molecule has 2 saturated heterocycles. The van der Waals surface area contributed by atoms with Gasteiger partial charge in [0.2, 0.25) is 0 Å². The lowest BCUT2D eigenvalue weighted by molar-refractivity contribution is 0.102. The summed E-state index contributed by atoms with van der Waals surface area (Å²) in [5.41, 5.74) is 0. The van der Waals surface area contributed by atoms with Crippen molar-refractivity contribution in [1.29, 1.82) is 0 Å². The van der Waals surface area contributed by atoms with Gasteiger partial charge in [0.25, 0.3) is 0 Å². The molecule has 3 nitrogen and oxygen atoms in total. The molecule has 106 valence electrons. The highest BCUT2D eigenvalue weighted by molar-refractivity contribution is 4.86. The van der Waals surface area contributed by atoms with Gasteiger partial charge in [0.15, 0.2) is 0 Å². The minimum absolute atomic E-state index is 0.687. The number of nitrogens with zero attached hydrogens (tertiary/aromatic N) is 3. The largest absolute Gasteiger partial charge is 0.304 e.